The van der Waals surface area contributed by atoms with Gasteiger partial charge < -0.3 is 19.5 Å². The Labute approximate surface area is 147 Å². The number of aromatic nitrogens is 2. The fourth-order valence-electron chi connectivity index (χ4n) is 3.09. The number of carbonyl (C=O) groups is 1. The van der Waals surface area contributed by atoms with Crippen LogP contribution in [0.1, 0.15) is 24.2 Å². The van der Waals surface area contributed by atoms with Gasteiger partial charge in [-0.3, -0.25) is 9.36 Å². The van der Waals surface area contributed by atoms with Gasteiger partial charge in [0.25, 0.3) is 0 Å². The molecule has 8 nitrogen and oxygen atoms in total. The molecule has 3 atom stereocenters. The van der Waals surface area contributed by atoms with Crippen LogP contribution in [0.4, 0.5) is 0 Å². The maximum absolute atomic E-state index is 12.4. The van der Waals surface area contributed by atoms with E-state index in [1.54, 1.807) is 18.5 Å². The summed E-state index contributed by atoms with van der Waals surface area (Å²) in [7, 11) is 3.17. The molecule has 1 aliphatic heterocycles. The molecule has 0 radical (unpaired) electrons. The summed E-state index contributed by atoms with van der Waals surface area (Å²) in [6.07, 6.45) is -0.420. The van der Waals surface area contributed by atoms with E-state index in [1.807, 2.05) is 13.0 Å². The molecule has 2 rings (SSSR count). The number of aliphatic hydroxyl groups is 1. The monoisotopic (exact) mass is 353 g/mol. The number of amides is 1. The van der Waals surface area contributed by atoms with Crippen molar-refractivity contribution in [2.75, 3.05) is 27.4 Å². The molecule has 25 heavy (non-hydrogen) atoms. The van der Waals surface area contributed by atoms with E-state index in [0.717, 1.165) is 5.69 Å². The van der Waals surface area contributed by atoms with Gasteiger partial charge in [-0.05, 0) is 26.3 Å². The summed E-state index contributed by atoms with van der Waals surface area (Å²) in [5, 5.41) is 10.3. The van der Waals surface area contributed by atoms with Crippen LogP contribution in [0.25, 0.3) is 0 Å². The minimum atomic E-state index is -0.779. The summed E-state index contributed by atoms with van der Waals surface area (Å²) >= 11 is 0. The maximum atomic E-state index is 12.4. The van der Waals surface area contributed by atoms with Gasteiger partial charge in [0.05, 0.1) is 19.3 Å². The molecule has 0 aliphatic carbocycles. The van der Waals surface area contributed by atoms with Gasteiger partial charge in [-0.25, -0.2) is 4.79 Å². The van der Waals surface area contributed by atoms with Crippen molar-refractivity contribution in [2.45, 2.75) is 51.5 Å². The lowest BCUT2D eigenvalue weighted by Gasteiger charge is -2.38. The predicted octanol–water partition coefficient (Wildman–Crippen LogP) is -0.127. The molecule has 0 unspecified atom stereocenters. The minimum Gasteiger partial charge on any atom is -0.388 e. The first-order valence-corrected chi connectivity index (χ1v) is 8.44. The third kappa shape index (κ3) is 4.65. The number of methoxy groups -OCH3 is 1. The zero-order valence-electron chi connectivity index (χ0n) is 15.3. The van der Waals surface area contributed by atoms with Crippen LogP contribution in [0.15, 0.2) is 10.9 Å². The largest absolute Gasteiger partial charge is 0.388 e. The molecule has 140 valence electrons. The van der Waals surface area contributed by atoms with E-state index < -0.39 is 18.2 Å². The van der Waals surface area contributed by atoms with Crippen LogP contribution >= 0.6 is 0 Å². The fourth-order valence-corrected chi connectivity index (χ4v) is 3.09. The van der Waals surface area contributed by atoms with Crippen LogP contribution < -0.4 is 5.69 Å². The number of ether oxygens (including phenoxy) is 2. The first-order valence-electron chi connectivity index (χ1n) is 8.44. The van der Waals surface area contributed by atoms with Crippen LogP contribution in [-0.4, -0.2) is 71.1 Å². The molecular weight excluding hydrogens is 326 g/mol. The number of carbonyl (C=O) groups excluding carboxylic acids is 1. The summed E-state index contributed by atoms with van der Waals surface area (Å²) in [6, 6.07) is 1.41. The highest BCUT2D eigenvalue weighted by Gasteiger charge is 2.36. The average molecular weight is 353 g/mol. The van der Waals surface area contributed by atoms with Crippen molar-refractivity contribution in [3.8, 4) is 0 Å². The summed E-state index contributed by atoms with van der Waals surface area (Å²) in [5.74, 6) is -0.102. The van der Waals surface area contributed by atoms with Gasteiger partial charge in [0.2, 0.25) is 5.91 Å². The van der Waals surface area contributed by atoms with Gasteiger partial charge in [-0.2, -0.15) is 4.98 Å². The standard InChI is InChI=1S/C17H27N3O5/c1-11-8-12(2)20(17(23)18-11)7-5-6-15(21)19(3)13-9-25-10-14(24-4)16(13)22/h8,13-14,16,22H,5-7,9-10H2,1-4H3/t13-,14-,16+/m1/s1. The third-order valence-electron chi connectivity index (χ3n) is 4.66. The van der Waals surface area contributed by atoms with Gasteiger partial charge in [-0.1, -0.05) is 0 Å². The van der Waals surface area contributed by atoms with Crippen molar-refractivity contribution in [2.24, 2.45) is 0 Å². The zero-order valence-corrected chi connectivity index (χ0v) is 15.3. The number of aryl methyl sites for hydroxylation is 2. The Hall–Kier alpha value is -1.77. The van der Waals surface area contributed by atoms with Gasteiger partial charge in [0, 0.05) is 38.5 Å². The van der Waals surface area contributed by atoms with E-state index in [9.17, 15) is 14.7 Å². The Morgan fingerprint density at radius 1 is 1.48 bits per heavy atom. The topological polar surface area (TPSA) is 93.9 Å². The SMILES string of the molecule is CO[C@@H]1COC[C@@H](N(C)C(=O)CCCn2c(C)cc(C)nc2=O)[C@@H]1O. The smallest absolute Gasteiger partial charge is 0.347 e. The number of rotatable bonds is 6. The van der Waals surface area contributed by atoms with Crippen molar-refractivity contribution in [1.29, 1.82) is 0 Å². The molecule has 8 heteroatoms. The normalized spacial score (nSPS) is 23.5. The average Bonchev–Trinajstić information content (AvgIpc) is 2.56. The highest BCUT2D eigenvalue weighted by atomic mass is 16.5. The predicted molar refractivity (Wildman–Crippen MR) is 91.4 cm³/mol. The summed E-state index contributed by atoms with van der Waals surface area (Å²) < 4.78 is 12.2. The van der Waals surface area contributed by atoms with Crippen LogP contribution in [0.2, 0.25) is 0 Å². The molecule has 1 N–H and O–H groups in total. The van der Waals surface area contributed by atoms with Crippen LogP contribution in [0, 0.1) is 13.8 Å². The second kappa shape index (κ2) is 8.55. The van der Waals surface area contributed by atoms with Crippen molar-refractivity contribution >= 4 is 5.91 Å². The molecule has 1 aromatic heterocycles. The number of hydrogen-bond donors (Lipinski definition) is 1. The fraction of sp³-hybridized carbons (Fsp3) is 0.706. The van der Waals surface area contributed by atoms with Crippen LogP contribution in [-0.2, 0) is 20.8 Å². The Balaban J connectivity index is 1.91. The summed E-state index contributed by atoms with van der Waals surface area (Å²) in [6.45, 7) is 4.66. The maximum Gasteiger partial charge on any atom is 0.347 e. The second-order valence-electron chi connectivity index (χ2n) is 6.45. The van der Waals surface area contributed by atoms with Gasteiger partial charge in [-0.15, -0.1) is 0 Å². The lowest BCUT2D eigenvalue weighted by Crippen LogP contribution is -2.56. The minimum absolute atomic E-state index is 0.102. The molecule has 0 aromatic carbocycles. The van der Waals surface area contributed by atoms with Crippen LogP contribution in [0.5, 0.6) is 0 Å². The highest BCUT2D eigenvalue weighted by molar-refractivity contribution is 5.76. The van der Waals surface area contributed by atoms with E-state index >= 15 is 0 Å². The van der Waals surface area contributed by atoms with Crippen molar-refractivity contribution in [3.63, 3.8) is 0 Å². The lowest BCUT2D eigenvalue weighted by molar-refractivity contribution is -0.158. The molecule has 1 aliphatic rings. The molecular formula is C17H27N3O5. The molecule has 0 bridgehead atoms. The molecule has 0 saturated carbocycles. The number of hydrogen-bond acceptors (Lipinski definition) is 6. The number of nitrogens with zero attached hydrogens (tertiary/aromatic N) is 3. The number of aliphatic hydroxyl groups excluding tert-OH is 1. The molecule has 1 saturated heterocycles. The summed E-state index contributed by atoms with van der Waals surface area (Å²) in [4.78, 5) is 29.8. The number of likely N-dealkylation sites (N-methyl/N-ethyl adjacent to an activating group) is 1. The molecule has 0 spiro atoms. The van der Waals surface area contributed by atoms with E-state index in [0.29, 0.717) is 25.3 Å². The van der Waals surface area contributed by atoms with Crippen molar-refractivity contribution in [3.05, 3.63) is 27.9 Å². The van der Waals surface area contributed by atoms with E-state index in [1.165, 1.54) is 12.0 Å². The Kier molecular flexibility index (Phi) is 6.69. The molecule has 1 amide bonds. The second-order valence-corrected chi connectivity index (χ2v) is 6.45. The van der Waals surface area contributed by atoms with Crippen molar-refractivity contribution in [1.82, 2.24) is 14.5 Å². The third-order valence-corrected chi connectivity index (χ3v) is 4.66. The quantitative estimate of drug-likeness (QED) is 0.766. The Morgan fingerprint density at radius 2 is 2.20 bits per heavy atom. The first-order chi connectivity index (χ1) is 11.8. The van der Waals surface area contributed by atoms with Gasteiger partial charge >= 0.3 is 5.69 Å². The van der Waals surface area contributed by atoms with E-state index in [2.05, 4.69) is 4.98 Å². The first kappa shape index (κ1) is 19.6. The Bertz CT molecular complexity index is 660. The van der Waals surface area contributed by atoms with Gasteiger partial charge in [0.15, 0.2) is 0 Å². The highest BCUT2D eigenvalue weighted by Crippen LogP contribution is 2.17. The Morgan fingerprint density at radius 3 is 2.84 bits per heavy atom. The van der Waals surface area contributed by atoms with Crippen molar-refractivity contribution < 1.29 is 19.4 Å². The molecule has 1 aromatic rings. The van der Waals surface area contributed by atoms with Crippen LogP contribution in [0.3, 0.4) is 0 Å². The van der Waals surface area contributed by atoms with E-state index in [4.69, 9.17) is 9.47 Å². The molecule has 1 fully saturated rings. The van der Waals surface area contributed by atoms with Gasteiger partial charge in [0.1, 0.15) is 12.2 Å². The van der Waals surface area contributed by atoms with E-state index in [-0.39, 0.29) is 24.6 Å². The zero-order chi connectivity index (χ0) is 18.6. The lowest BCUT2D eigenvalue weighted by atomic mass is 10.0. The summed E-state index contributed by atoms with van der Waals surface area (Å²) in [5.41, 5.74) is 1.23. The molecule has 2 heterocycles.